The van der Waals surface area contributed by atoms with E-state index in [1.54, 1.807) is 13.8 Å². The monoisotopic (exact) mass is 612 g/mol. The first-order valence-electron chi connectivity index (χ1n) is 13.2. The number of aliphatic imine (C=N–C) groups is 1. The van der Waals surface area contributed by atoms with Gasteiger partial charge in [0.15, 0.2) is 5.96 Å². The van der Waals surface area contributed by atoms with E-state index in [4.69, 9.17) is 17.2 Å². The van der Waals surface area contributed by atoms with Gasteiger partial charge in [-0.3, -0.25) is 29.0 Å². The number of carboxylic acids is 2. The molecular weight excluding hydrogens is 572 g/mol. The van der Waals surface area contributed by atoms with Gasteiger partial charge < -0.3 is 58.8 Å². The standard InChI is InChI=1S/C24H40N10O9/c1-11(2)18(22(41)33-16(9-35)21(40)31-14(23(42)43)4-3-5-29-24(26)27)34-20(39)15(7-17(36)37)32-19(38)13(25)6-12-8-28-10-30-12/h8,10-11,13-16,18,35H,3-7,9,25H2,1-2H3,(H,28,30)(H,31,40)(H,32,38)(H,33,41)(H,34,39)(H,36,37)(H,42,43)(H4,26,27,29)/t13-,14-,15-,16-,18-/m0/s1. The molecule has 1 aromatic heterocycles. The summed E-state index contributed by atoms with van der Waals surface area (Å²) in [7, 11) is 0. The van der Waals surface area contributed by atoms with Crippen molar-refractivity contribution in [2.24, 2.45) is 28.1 Å². The number of imidazole rings is 1. The average Bonchev–Trinajstić information content (AvgIpc) is 3.43. The normalized spacial score (nSPS) is 14.3. The fourth-order valence-electron chi connectivity index (χ4n) is 3.67. The number of guanidine groups is 1. The highest BCUT2D eigenvalue weighted by Gasteiger charge is 2.33. The number of nitrogens with zero attached hydrogens (tertiary/aromatic N) is 2. The molecule has 0 aliphatic carbocycles. The van der Waals surface area contributed by atoms with Gasteiger partial charge in [0.1, 0.15) is 24.2 Å². The van der Waals surface area contributed by atoms with Gasteiger partial charge in [0.2, 0.25) is 23.6 Å². The van der Waals surface area contributed by atoms with Crippen molar-refractivity contribution in [3.05, 3.63) is 18.2 Å². The number of nitrogens with one attached hydrogen (secondary N) is 5. The number of aliphatic carboxylic acids is 2. The number of aliphatic hydroxyl groups excluding tert-OH is 1. The van der Waals surface area contributed by atoms with Crippen LogP contribution in [0.3, 0.4) is 0 Å². The summed E-state index contributed by atoms with van der Waals surface area (Å²) < 4.78 is 0. The lowest BCUT2D eigenvalue weighted by molar-refractivity contribution is -0.142. The first-order chi connectivity index (χ1) is 20.2. The molecule has 0 unspecified atom stereocenters. The minimum Gasteiger partial charge on any atom is -0.481 e. The summed E-state index contributed by atoms with van der Waals surface area (Å²) in [6, 6.07) is -7.10. The van der Waals surface area contributed by atoms with Crippen LogP contribution in [-0.4, -0.2) is 110 Å². The Morgan fingerprint density at radius 2 is 1.53 bits per heavy atom. The molecule has 14 N–H and O–H groups in total. The third-order valence-corrected chi connectivity index (χ3v) is 5.97. The van der Waals surface area contributed by atoms with Crippen molar-refractivity contribution < 1.29 is 44.1 Å². The number of aromatic amines is 1. The smallest absolute Gasteiger partial charge is 0.326 e. The quantitative estimate of drug-likeness (QED) is 0.0399. The molecule has 0 aliphatic heterocycles. The van der Waals surface area contributed by atoms with E-state index in [-0.39, 0.29) is 31.8 Å². The molecule has 19 nitrogen and oxygen atoms in total. The molecule has 0 saturated carbocycles. The van der Waals surface area contributed by atoms with Crippen LogP contribution >= 0.6 is 0 Å². The number of aliphatic hydroxyl groups is 1. The number of aromatic nitrogens is 2. The molecule has 0 spiro atoms. The zero-order valence-corrected chi connectivity index (χ0v) is 23.8. The largest absolute Gasteiger partial charge is 0.481 e. The highest BCUT2D eigenvalue weighted by molar-refractivity contribution is 5.96. The molecule has 0 aromatic carbocycles. The van der Waals surface area contributed by atoms with Crippen LogP contribution in [0.4, 0.5) is 0 Å². The number of nitrogens with two attached hydrogens (primary N) is 3. The van der Waals surface area contributed by atoms with Gasteiger partial charge in [-0.1, -0.05) is 13.8 Å². The van der Waals surface area contributed by atoms with E-state index in [9.17, 15) is 44.1 Å². The second kappa shape index (κ2) is 17.9. The molecule has 1 aromatic rings. The van der Waals surface area contributed by atoms with Gasteiger partial charge in [-0.05, 0) is 18.8 Å². The molecule has 5 atom stereocenters. The Kier molecular flexibility index (Phi) is 15.1. The zero-order chi connectivity index (χ0) is 32.7. The Balaban J connectivity index is 2.91. The van der Waals surface area contributed by atoms with Crippen LogP contribution in [0.15, 0.2) is 17.5 Å². The Bertz CT molecular complexity index is 1140. The van der Waals surface area contributed by atoms with Gasteiger partial charge in [0.05, 0.1) is 25.4 Å². The maximum absolute atomic E-state index is 13.0. The summed E-state index contributed by atoms with van der Waals surface area (Å²) in [6.45, 7) is 2.28. The maximum atomic E-state index is 13.0. The predicted octanol–water partition coefficient (Wildman–Crippen LogP) is -4.52. The maximum Gasteiger partial charge on any atom is 0.326 e. The van der Waals surface area contributed by atoms with E-state index in [0.29, 0.717) is 5.69 Å². The Labute approximate surface area is 246 Å². The highest BCUT2D eigenvalue weighted by atomic mass is 16.4. The molecular formula is C24H40N10O9. The third kappa shape index (κ3) is 13.2. The molecule has 43 heavy (non-hydrogen) atoms. The Morgan fingerprint density at radius 1 is 0.930 bits per heavy atom. The summed E-state index contributed by atoms with van der Waals surface area (Å²) in [5.74, 6) is -7.39. The van der Waals surface area contributed by atoms with E-state index in [2.05, 4.69) is 36.2 Å². The first-order valence-corrected chi connectivity index (χ1v) is 13.2. The summed E-state index contributed by atoms with van der Waals surface area (Å²) in [5, 5.41) is 37.5. The lowest BCUT2D eigenvalue weighted by atomic mass is 10.0. The molecule has 0 saturated heterocycles. The highest BCUT2D eigenvalue weighted by Crippen LogP contribution is 2.06. The second-order valence-corrected chi connectivity index (χ2v) is 9.87. The van der Waals surface area contributed by atoms with Crippen molar-refractivity contribution in [1.29, 1.82) is 0 Å². The van der Waals surface area contributed by atoms with Crippen LogP contribution in [0.25, 0.3) is 0 Å². The second-order valence-electron chi connectivity index (χ2n) is 9.87. The lowest BCUT2D eigenvalue weighted by Crippen LogP contribution is -2.60. The summed E-state index contributed by atoms with van der Waals surface area (Å²) in [5.41, 5.74) is 16.8. The van der Waals surface area contributed by atoms with Crippen molar-refractivity contribution in [2.45, 2.75) is 69.7 Å². The van der Waals surface area contributed by atoms with Crippen LogP contribution in [0.1, 0.15) is 38.8 Å². The Hall–Kier alpha value is -4.78. The van der Waals surface area contributed by atoms with Crippen molar-refractivity contribution in [3.8, 4) is 0 Å². The number of hydrogen-bond donors (Lipinski definition) is 11. The molecule has 0 radical (unpaired) electrons. The van der Waals surface area contributed by atoms with E-state index < -0.39 is 84.7 Å². The molecule has 1 rings (SSSR count). The van der Waals surface area contributed by atoms with Gasteiger partial charge >= 0.3 is 11.9 Å². The average molecular weight is 613 g/mol. The van der Waals surface area contributed by atoms with Crippen LogP contribution in [0.5, 0.6) is 0 Å². The number of rotatable bonds is 19. The minimum absolute atomic E-state index is 0.0217. The number of carbonyl (C=O) groups excluding carboxylic acids is 4. The van der Waals surface area contributed by atoms with Crippen LogP contribution in [-0.2, 0) is 35.2 Å². The van der Waals surface area contributed by atoms with Crippen molar-refractivity contribution in [2.75, 3.05) is 13.2 Å². The van der Waals surface area contributed by atoms with E-state index in [1.165, 1.54) is 12.5 Å². The van der Waals surface area contributed by atoms with Crippen LogP contribution in [0.2, 0.25) is 0 Å². The van der Waals surface area contributed by atoms with Gasteiger partial charge in [0.25, 0.3) is 0 Å². The molecule has 0 fully saturated rings. The van der Waals surface area contributed by atoms with Gasteiger partial charge in [-0.15, -0.1) is 0 Å². The number of H-pyrrole nitrogens is 1. The molecule has 240 valence electrons. The van der Waals surface area contributed by atoms with Gasteiger partial charge in [0, 0.05) is 24.9 Å². The number of carboxylic acid groups (broad SMARTS) is 2. The SMILES string of the molecule is CC(C)[C@H](NC(=O)[C@H](CC(=O)O)NC(=O)[C@@H](N)Cc1cnc[nH]1)C(=O)N[C@@H](CO)C(=O)N[C@@H](CCCN=C(N)N)C(=O)O. The van der Waals surface area contributed by atoms with E-state index in [1.807, 2.05) is 0 Å². The zero-order valence-electron chi connectivity index (χ0n) is 23.8. The predicted molar refractivity (Wildman–Crippen MR) is 150 cm³/mol. The molecule has 0 bridgehead atoms. The molecule has 0 aliphatic rings. The Morgan fingerprint density at radius 3 is 2.05 bits per heavy atom. The van der Waals surface area contributed by atoms with Crippen molar-refractivity contribution in [3.63, 3.8) is 0 Å². The molecule has 19 heteroatoms. The summed E-state index contributed by atoms with van der Waals surface area (Å²) in [6.07, 6.45) is 2.16. The summed E-state index contributed by atoms with van der Waals surface area (Å²) in [4.78, 5) is 84.5. The molecule has 4 amide bonds. The third-order valence-electron chi connectivity index (χ3n) is 5.97. The first kappa shape index (κ1) is 36.2. The van der Waals surface area contributed by atoms with Gasteiger partial charge in [-0.2, -0.15) is 0 Å². The van der Waals surface area contributed by atoms with E-state index >= 15 is 0 Å². The number of amides is 4. The van der Waals surface area contributed by atoms with Crippen LogP contribution < -0.4 is 38.5 Å². The lowest BCUT2D eigenvalue weighted by Gasteiger charge is -2.27. The van der Waals surface area contributed by atoms with E-state index in [0.717, 1.165) is 0 Å². The van der Waals surface area contributed by atoms with Crippen molar-refractivity contribution >= 4 is 41.5 Å². The fourth-order valence-corrected chi connectivity index (χ4v) is 3.67. The number of hydrogen-bond acceptors (Lipinski definition) is 10. The number of carbonyl (C=O) groups is 6. The minimum atomic E-state index is -1.61. The van der Waals surface area contributed by atoms with Gasteiger partial charge in [-0.25, -0.2) is 9.78 Å². The van der Waals surface area contributed by atoms with Crippen molar-refractivity contribution in [1.82, 2.24) is 31.2 Å². The summed E-state index contributed by atoms with van der Waals surface area (Å²) >= 11 is 0. The van der Waals surface area contributed by atoms with Crippen LogP contribution in [0, 0.1) is 5.92 Å². The molecule has 1 heterocycles. The topological polar surface area (TPSA) is 330 Å². The fraction of sp³-hybridized carbons (Fsp3) is 0.583.